The van der Waals surface area contributed by atoms with Crippen LogP contribution in [0.1, 0.15) is 34.7 Å². The molecule has 0 fully saturated rings. The molecule has 1 N–H and O–H groups in total. The molecule has 0 atom stereocenters. The van der Waals surface area contributed by atoms with E-state index in [9.17, 15) is 9.59 Å². The summed E-state index contributed by atoms with van der Waals surface area (Å²) in [6.07, 6.45) is 1.74. The summed E-state index contributed by atoms with van der Waals surface area (Å²) >= 11 is 0. The molecule has 0 saturated carbocycles. The van der Waals surface area contributed by atoms with Gasteiger partial charge in [0.1, 0.15) is 5.69 Å². The number of aromatic nitrogens is 1. The number of nitrogens with one attached hydrogen (secondary N) is 1. The van der Waals surface area contributed by atoms with Crippen LogP contribution in [0.25, 0.3) is 0 Å². The van der Waals surface area contributed by atoms with Gasteiger partial charge >= 0.3 is 5.97 Å². The van der Waals surface area contributed by atoms with Gasteiger partial charge in [0.05, 0.1) is 18.2 Å². The lowest BCUT2D eigenvalue weighted by Gasteiger charge is -2.32. The lowest BCUT2D eigenvalue weighted by Crippen LogP contribution is -2.51. The Morgan fingerprint density at radius 2 is 2.25 bits per heavy atom. The second-order valence-electron chi connectivity index (χ2n) is 4.54. The van der Waals surface area contributed by atoms with Gasteiger partial charge in [-0.15, -0.1) is 0 Å². The van der Waals surface area contributed by atoms with Crippen molar-refractivity contribution in [3.8, 4) is 0 Å². The number of nitrogens with zero attached hydrogens (tertiary/aromatic N) is 1. The highest BCUT2D eigenvalue weighted by molar-refractivity contribution is 6.05. The molecule has 1 amide bonds. The molecule has 2 heterocycles. The molecular formula is C11H14N2O3. The second kappa shape index (κ2) is 3.37. The number of carbonyl (C=O) groups is 2. The fourth-order valence-electron chi connectivity index (χ4n) is 1.96. The van der Waals surface area contributed by atoms with Gasteiger partial charge in [-0.05, 0) is 19.9 Å². The molecule has 2 rings (SSSR count). The third-order valence-corrected chi connectivity index (χ3v) is 2.60. The van der Waals surface area contributed by atoms with Crippen LogP contribution in [0.3, 0.4) is 0 Å². The summed E-state index contributed by atoms with van der Waals surface area (Å²) in [5.41, 5.74) is 0.401. The number of carbonyl (C=O) groups excluding carboxylic acids is 2. The zero-order valence-corrected chi connectivity index (χ0v) is 9.53. The number of methoxy groups -OCH3 is 1. The molecule has 0 spiro atoms. The van der Waals surface area contributed by atoms with Crippen LogP contribution in [0.2, 0.25) is 0 Å². The number of hydrogen-bond acceptors (Lipinski definition) is 3. The maximum atomic E-state index is 11.9. The van der Waals surface area contributed by atoms with Crippen LogP contribution in [0.5, 0.6) is 0 Å². The van der Waals surface area contributed by atoms with Gasteiger partial charge in [0, 0.05) is 12.7 Å². The molecule has 0 unspecified atom stereocenters. The summed E-state index contributed by atoms with van der Waals surface area (Å²) in [5, 5.41) is 2.85. The maximum absolute atomic E-state index is 11.9. The van der Waals surface area contributed by atoms with Crippen molar-refractivity contribution in [2.45, 2.75) is 25.9 Å². The Balaban J connectivity index is 2.48. The van der Waals surface area contributed by atoms with E-state index in [1.807, 2.05) is 13.8 Å². The summed E-state index contributed by atoms with van der Waals surface area (Å²) in [6, 6.07) is 1.61. The van der Waals surface area contributed by atoms with Gasteiger partial charge < -0.3 is 14.6 Å². The van der Waals surface area contributed by atoms with E-state index in [4.69, 9.17) is 0 Å². The van der Waals surface area contributed by atoms with Gasteiger partial charge in [-0.2, -0.15) is 0 Å². The molecule has 5 nitrogen and oxygen atoms in total. The fourth-order valence-corrected chi connectivity index (χ4v) is 1.96. The van der Waals surface area contributed by atoms with Crippen molar-refractivity contribution >= 4 is 11.9 Å². The van der Waals surface area contributed by atoms with Crippen LogP contribution in [0.4, 0.5) is 0 Å². The minimum Gasteiger partial charge on any atom is -0.465 e. The number of rotatable bonds is 1. The number of fused-ring (bicyclic) bond motifs is 1. The number of esters is 1. The Morgan fingerprint density at radius 1 is 1.56 bits per heavy atom. The van der Waals surface area contributed by atoms with Crippen LogP contribution in [0, 0.1) is 0 Å². The van der Waals surface area contributed by atoms with E-state index >= 15 is 0 Å². The molecule has 0 bridgehead atoms. The number of ether oxygens (including phenoxy) is 1. The molecule has 1 aromatic rings. The first-order chi connectivity index (χ1) is 7.44. The van der Waals surface area contributed by atoms with E-state index in [0.717, 1.165) is 0 Å². The topological polar surface area (TPSA) is 60.3 Å². The summed E-state index contributed by atoms with van der Waals surface area (Å²) in [6.45, 7) is 4.52. The zero-order chi connectivity index (χ0) is 11.9. The highest BCUT2D eigenvalue weighted by Crippen LogP contribution is 2.21. The summed E-state index contributed by atoms with van der Waals surface area (Å²) in [4.78, 5) is 23.3. The van der Waals surface area contributed by atoms with Crippen LogP contribution in [-0.4, -0.2) is 29.1 Å². The largest absolute Gasteiger partial charge is 0.465 e. The van der Waals surface area contributed by atoms with Crippen molar-refractivity contribution in [1.82, 2.24) is 9.88 Å². The van der Waals surface area contributed by atoms with E-state index in [-0.39, 0.29) is 11.4 Å². The van der Waals surface area contributed by atoms with Crippen molar-refractivity contribution in [2.24, 2.45) is 0 Å². The average molecular weight is 222 g/mol. The van der Waals surface area contributed by atoms with Crippen LogP contribution in [0.15, 0.2) is 12.3 Å². The van der Waals surface area contributed by atoms with Crippen LogP contribution >= 0.6 is 0 Å². The first-order valence-electron chi connectivity index (χ1n) is 5.04. The zero-order valence-electron chi connectivity index (χ0n) is 9.53. The monoisotopic (exact) mass is 222 g/mol. The molecule has 16 heavy (non-hydrogen) atoms. The first kappa shape index (κ1) is 10.7. The van der Waals surface area contributed by atoms with Crippen LogP contribution in [-0.2, 0) is 11.3 Å². The molecule has 0 aliphatic carbocycles. The van der Waals surface area contributed by atoms with Crippen molar-refractivity contribution in [2.75, 3.05) is 7.11 Å². The SMILES string of the molecule is COC(=O)c1ccn2c1C(=O)NC(C)(C)C2. The molecule has 0 radical (unpaired) electrons. The minimum absolute atomic E-state index is 0.235. The lowest BCUT2D eigenvalue weighted by molar-refractivity contribution is 0.0592. The molecule has 1 aliphatic rings. The Bertz CT molecular complexity index is 460. The molecule has 86 valence electrons. The third kappa shape index (κ3) is 1.58. The van der Waals surface area contributed by atoms with E-state index in [0.29, 0.717) is 17.8 Å². The molecule has 1 aliphatic heterocycles. The lowest BCUT2D eigenvalue weighted by atomic mass is 10.0. The summed E-state index contributed by atoms with van der Waals surface area (Å²) < 4.78 is 6.41. The summed E-state index contributed by atoms with van der Waals surface area (Å²) in [5.74, 6) is -0.717. The fraction of sp³-hybridized carbons (Fsp3) is 0.455. The highest BCUT2D eigenvalue weighted by atomic mass is 16.5. The van der Waals surface area contributed by atoms with Crippen molar-refractivity contribution < 1.29 is 14.3 Å². The van der Waals surface area contributed by atoms with Crippen molar-refractivity contribution in [1.29, 1.82) is 0 Å². The molecular weight excluding hydrogens is 208 g/mol. The van der Waals surface area contributed by atoms with Gasteiger partial charge in [0.15, 0.2) is 0 Å². The molecule has 0 aromatic carbocycles. The normalized spacial score (nSPS) is 17.6. The Labute approximate surface area is 93.4 Å². The van der Waals surface area contributed by atoms with E-state index in [1.54, 1.807) is 16.8 Å². The van der Waals surface area contributed by atoms with Gasteiger partial charge in [-0.3, -0.25) is 4.79 Å². The minimum atomic E-state index is -0.483. The second-order valence-corrected chi connectivity index (χ2v) is 4.54. The van der Waals surface area contributed by atoms with Crippen molar-refractivity contribution in [3.05, 3.63) is 23.5 Å². The number of hydrogen-bond donors (Lipinski definition) is 1. The quantitative estimate of drug-likeness (QED) is 0.715. The molecule has 0 saturated heterocycles. The number of amides is 1. The Kier molecular flexibility index (Phi) is 2.26. The smallest absolute Gasteiger partial charge is 0.340 e. The average Bonchev–Trinajstić information content (AvgIpc) is 2.58. The van der Waals surface area contributed by atoms with Gasteiger partial charge in [-0.25, -0.2) is 4.79 Å². The standard InChI is InChI=1S/C11H14N2O3/c1-11(2)6-13-5-4-7(10(15)16-3)8(13)9(14)12-11/h4-5H,6H2,1-3H3,(H,12,14). The van der Waals surface area contributed by atoms with Gasteiger partial charge in [0.2, 0.25) is 0 Å². The predicted molar refractivity (Wildman–Crippen MR) is 57.3 cm³/mol. The molecule has 5 heteroatoms. The van der Waals surface area contributed by atoms with Gasteiger partial charge in [0.25, 0.3) is 5.91 Å². The van der Waals surface area contributed by atoms with Gasteiger partial charge in [-0.1, -0.05) is 0 Å². The third-order valence-electron chi connectivity index (χ3n) is 2.60. The van der Waals surface area contributed by atoms with E-state index in [2.05, 4.69) is 10.1 Å². The highest BCUT2D eigenvalue weighted by Gasteiger charge is 2.33. The first-order valence-corrected chi connectivity index (χ1v) is 5.04. The predicted octanol–water partition coefficient (Wildman–Crippen LogP) is 0.797. The Morgan fingerprint density at radius 3 is 2.88 bits per heavy atom. The van der Waals surface area contributed by atoms with E-state index < -0.39 is 5.97 Å². The summed E-state index contributed by atoms with van der Waals surface area (Å²) in [7, 11) is 1.30. The Hall–Kier alpha value is -1.78. The van der Waals surface area contributed by atoms with E-state index in [1.165, 1.54) is 7.11 Å². The van der Waals surface area contributed by atoms with Crippen molar-refractivity contribution in [3.63, 3.8) is 0 Å². The molecule has 1 aromatic heterocycles. The van der Waals surface area contributed by atoms with Crippen LogP contribution < -0.4 is 5.32 Å². The maximum Gasteiger partial charge on any atom is 0.340 e.